The highest BCUT2D eigenvalue weighted by Gasteiger charge is 2.34. The van der Waals surface area contributed by atoms with Gasteiger partial charge in [0.25, 0.3) is 0 Å². The maximum Gasteiger partial charge on any atom is 0.242 e. The fraction of sp³-hybridized carbons (Fsp3) is 0.611. The summed E-state index contributed by atoms with van der Waals surface area (Å²) in [6, 6.07) is 2.47. The minimum absolute atomic E-state index is 0.00457. The number of aromatic nitrogens is 4. The average molecular weight is 516 g/mol. The monoisotopic (exact) mass is 515 g/mol. The third kappa shape index (κ3) is 5.37. The van der Waals surface area contributed by atoms with E-state index in [1.165, 1.54) is 6.07 Å². The zero-order chi connectivity index (χ0) is 24.3. The first-order valence-corrected chi connectivity index (χ1v) is 14.0. The summed E-state index contributed by atoms with van der Waals surface area (Å²) in [6.07, 6.45) is 1.34. The van der Waals surface area contributed by atoms with Crippen LogP contribution in [0, 0.1) is 0 Å². The second kappa shape index (κ2) is 10.2. The van der Waals surface area contributed by atoms with Gasteiger partial charge >= 0.3 is 0 Å². The van der Waals surface area contributed by atoms with Gasteiger partial charge in [-0.05, 0) is 48.5 Å². The predicted octanol–water partition coefficient (Wildman–Crippen LogP) is -2.34. The normalized spacial score (nSPS) is 20.5. The van der Waals surface area contributed by atoms with Gasteiger partial charge in [-0.25, -0.2) is 31.8 Å². The van der Waals surface area contributed by atoms with Crippen molar-refractivity contribution in [1.82, 2.24) is 35.6 Å². The summed E-state index contributed by atoms with van der Waals surface area (Å²) in [5.41, 5.74) is 0.463. The Balaban J connectivity index is 1.84. The molecule has 16 heteroatoms. The molecular formula is C18H29N9O5S2. The van der Waals surface area contributed by atoms with Gasteiger partial charge in [-0.1, -0.05) is 0 Å². The van der Waals surface area contributed by atoms with Crippen molar-refractivity contribution in [3.05, 3.63) is 12.1 Å². The molecule has 188 valence electrons. The van der Waals surface area contributed by atoms with Crippen LogP contribution in [0.25, 0.3) is 11.4 Å². The number of β-amino-alcohol motifs (C(OH)–C–C–N with tert-alkyl or cyclic N) is 1. The first-order chi connectivity index (χ1) is 16.2. The average Bonchev–Trinajstić information content (AvgIpc) is 3.44. The summed E-state index contributed by atoms with van der Waals surface area (Å²) in [7, 11) is -8.75. The summed E-state index contributed by atoms with van der Waals surface area (Å²) in [5, 5.41) is 31.5. The largest absolute Gasteiger partial charge is 0.395 e. The predicted molar refractivity (Wildman–Crippen MR) is 123 cm³/mol. The molecule has 4 rings (SSSR count). The Labute approximate surface area is 198 Å². The molecule has 2 fully saturated rings. The van der Waals surface area contributed by atoms with Gasteiger partial charge < -0.3 is 15.3 Å². The number of hydrogen-bond donors (Lipinski definition) is 5. The first kappa shape index (κ1) is 24.9. The number of tetrazole rings is 1. The molecule has 0 radical (unpaired) electrons. The van der Waals surface area contributed by atoms with Gasteiger partial charge in [0.05, 0.1) is 12.2 Å². The molecule has 2 aliphatic rings. The van der Waals surface area contributed by atoms with Gasteiger partial charge in [-0.2, -0.15) is 0 Å². The number of sulfonamides is 2. The number of hydrogen-bond acceptors (Lipinski definition) is 11. The van der Waals surface area contributed by atoms with Gasteiger partial charge in [-0.3, -0.25) is 4.90 Å². The van der Waals surface area contributed by atoms with Crippen molar-refractivity contribution in [1.29, 1.82) is 0 Å². The lowest BCUT2D eigenvalue weighted by Gasteiger charge is -2.27. The van der Waals surface area contributed by atoms with E-state index in [-0.39, 0.29) is 24.0 Å². The third-order valence-electron chi connectivity index (χ3n) is 5.98. The zero-order valence-electron chi connectivity index (χ0n) is 18.5. The van der Waals surface area contributed by atoms with E-state index in [2.05, 4.69) is 35.6 Å². The first-order valence-electron chi connectivity index (χ1n) is 11.0. The number of nitrogens with one attached hydrogen (secondary N) is 3. The number of anilines is 1. The molecule has 34 heavy (non-hydrogen) atoms. The summed E-state index contributed by atoms with van der Waals surface area (Å²) in [6.45, 7) is 4.19. The van der Waals surface area contributed by atoms with Crippen molar-refractivity contribution in [2.45, 2.75) is 28.7 Å². The van der Waals surface area contributed by atoms with Crippen LogP contribution in [0.4, 0.5) is 5.69 Å². The molecular weight excluding hydrogens is 486 g/mol. The molecule has 0 amide bonds. The molecule has 6 N–H and O–H groups in total. The Morgan fingerprint density at radius 3 is 2.65 bits per heavy atom. The fourth-order valence-corrected chi connectivity index (χ4v) is 7.29. The number of aliphatic hydroxyl groups excluding tert-OH is 1. The van der Waals surface area contributed by atoms with E-state index in [1.807, 2.05) is 4.90 Å². The molecule has 0 spiro atoms. The van der Waals surface area contributed by atoms with Crippen molar-refractivity contribution in [2.24, 2.45) is 5.14 Å². The van der Waals surface area contributed by atoms with E-state index in [0.717, 1.165) is 13.0 Å². The van der Waals surface area contributed by atoms with Crippen LogP contribution in [0.2, 0.25) is 0 Å². The summed E-state index contributed by atoms with van der Waals surface area (Å²) in [4.78, 5) is 3.05. The highest BCUT2D eigenvalue weighted by Crippen LogP contribution is 2.38. The molecule has 14 nitrogen and oxygen atoms in total. The Morgan fingerprint density at radius 2 is 2.00 bits per heavy atom. The number of H-pyrrole nitrogens is 1. The van der Waals surface area contributed by atoms with E-state index in [0.29, 0.717) is 51.4 Å². The Bertz CT molecular complexity index is 1200. The number of nitrogens with two attached hydrogens (primary N) is 1. The molecule has 2 aromatic rings. The second-order valence-electron chi connectivity index (χ2n) is 8.30. The van der Waals surface area contributed by atoms with Crippen LogP contribution in [0.1, 0.15) is 12.8 Å². The lowest BCUT2D eigenvalue weighted by atomic mass is 10.1. The molecule has 2 aliphatic heterocycles. The van der Waals surface area contributed by atoms with Crippen molar-refractivity contribution >= 4 is 25.7 Å². The lowest BCUT2D eigenvalue weighted by Crippen LogP contribution is -2.37. The highest BCUT2D eigenvalue weighted by atomic mass is 32.2. The van der Waals surface area contributed by atoms with Gasteiger partial charge in [0.15, 0.2) is 5.82 Å². The molecule has 0 saturated carbocycles. The molecule has 1 aromatic heterocycles. The number of rotatable bonds is 8. The SMILES string of the molecule is NS(=O)(=O)c1c(S(=O)(=O)N[C@@H]2CCNC2)ccc(N2CCCN(CCO)CC2)c1-c1nnn[nH]1. The van der Waals surface area contributed by atoms with Crippen molar-refractivity contribution < 1.29 is 21.9 Å². The molecule has 1 atom stereocenters. The zero-order valence-corrected chi connectivity index (χ0v) is 20.1. The van der Waals surface area contributed by atoms with E-state index >= 15 is 0 Å². The summed E-state index contributed by atoms with van der Waals surface area (Å²) >= 11 is 0. The van der Waals surface area contributed by atoms with Crippen LogP contribution in [0.3, 0.4) is 0 Å². The minimum Gasteiger partial charge on any atom is -0.395 e. The topological polar surface area (TPSA) is 200 Å². The number of benzene rings is 1. The third-order valence-corrected chi connectivity index (χ3v) is 8.67. The minimum atomic E-state index is -4.52. The molecule has 0 bridgehead atoms. The smallest absolute Gasteiger partial charge is 0.242 e. The van der Waals surface area contributed by atoms with Crippen LogP contribution in [0.5, 0.6) is 0 Å². The number of aromatic amines is 1. The molecule has 1 aromatic carbocycles. The highest BCUT2D eigenvalue weighted by molar-refractivity contribution is 7.92. The van der Waals surface area contributed by atoms with Gasteiger partial charge in [-0.15, -0.1) is 5.10 Å². The number of nitrogens with zero attached hydrogens (tertiary/aromatic N) is 5. The van der Waals surface area contributed by atoms with Gasteiger partial charge in [0, 0.05) is 44.5 Å². The van der Waals surface area contributed by atoms with Crippen LogP contribution >= 0.6 is 0 Å². The van der Waals surface area contributed by atoms with Crippen LogP contribution in [0.15, 0.2) is 21.9 Å². The second-order valence-corrected chi connectivity index (χ2v) is 11.5. The lowest BCUT2D eigenvalue weighted by molar-refractivity contribution is 0.204. The maximum absolute atomic E-state index is 13.3. The van der Waals surface area contributed by atoms with Crippen LogP contribution in [-0.4, -0.2) is 106 Å². The molecule has 0 unspecified atom stereocenters. The Morgan fingerprint density at radius 1 is 1.18 bits per heavy atom. The Hall–Kier alpha value is -2.21. The van der Waals surface area contributed by atoms with Crippen LogP contribution in [-0.2, 0) is 20.0 Å². The molecule has 2 saturated heterocycles. The number of primary sulfonamides is 1. The Kier molecular flexibility index (Phi) is 7.46. The van der Waals surface area contributed by atoms with Gasteiger partial charge in [0.2, 0.25) is 20.0 Å². The summed E-state index contributed by atoms with van der Waals surface area (Å²) < 4.78 is 54.8. The van der Waals surface area contributed by atoms with Gasteiger partial charge in [0.1, 0.15) is 9.79 Å². The standard InChI is InChI=1S/C18H29N9O5S2/c19-33(29,30)17-15(34(31,32)23-13-4-5-20-12-13)3-2-14(16(17)18-21-24-25-22-18)27-7-1-6-26(8-9-27)10-11-28/h2-3,13,20,23,28H,1,4-12H2,(H2,19,29,30)(H,21,22,24,25)/t13-/m1/s1. The van der Waals surface area contributed by atoms with E-state index in [1.54, 1.807) is 6.07 Å². The molecule has 0 aliphatic carbocycles. The van der Waals surface area contributed by atoms with E-state index in [4.69, 9.17) is 5.14 Å². The number of aliphatic hydroxyl groups is 1. The molecule has 3 heterocycles. The van der Waals surface area contributed by atoms with Crippen molar-refractivity contribution in [2.75, 3.05) is 57.3 Å². The van der Waals surface area contributed by atoms with Crippen molar-refractivity contribution in [3.63, 3.8) is 0 Å². The van der Waals surface area contributed by atoms with E-state index < -0.39 is 29.8 Å². The van der Waals surface area contributed by atoms with E-state index in [9.17, 15) is 21.9 Å². The van der Waals surface area contributed by atoms with Crippen LogP contribution < -0.4 is 20.1 Å². The quantitative estimate of drug-likeness (QED) is 0.252. The summed E-state index contributed by atoms with van der Waals surface area (Å²) in [5.74, 6) is -0.00457. The maximum atomic E-state index is 13.3. The van der Waals surface area contributed by atoms with Crippen molar-refractivity contribution in [3.8, 4) is 11.4 Å². The fourth-order valence-electron chi connectivity index (χ4n) is 4.42.